The molecule has 1 rings (SSSR count). The molecular weight excluding hydrogens is 200 g/mol. The molecule has 1 aliphatic heterocycles. The summed E-state index contributed by atoms with van der Waals surface area (Å²) in [6, 6.07) is 0. The Morgan fingerprint density at radius 2 is 1.94 bits per heavy atom. The highest BCUT2D eigenvalue weighted by Crippen LogP contribution is 2.03. The summed E-state index contributed by atoms with van der Waals surface area (Å²) >= 11 is 0. The van der Waals surface area contributed by atoms with E-state index in [1.54, 1.807) is 0 Å². The number of amides is 1. The minimum Gasteiger partial charge on any atom is -0.355 e. The van der Waals surface area contributed by atoms with Crippen LogP contribution in [-0.4, -0.2) is 37.0 Å². The van der Waals surface area contributed by atoms with Gasteiger partial charge in [-0.1, -0.05) is 40.0 Å². The molecule has 96 valence electrons. The van der Waals surface area contributed by atoms with E-state index in [0.29, 0.717) is 6.42 Å². The zero-order chi connectivity index (χ0) is 12.2. The van der Waals surface area contributed by atoms with Crippen LogP contribution in [0.3, 0.4) is 0 Å². The first-order valence-electron chi connectivity index (χ1n) is 6.82. The Balaban J connectivity index is 0.00000106. The molecule has 0 atom stereocenters. The van der Waals surface area contributed by atoms with Gasteiger partial charge < -0.3 is 10.2 Å². The lowest BCUT2D eigenvalue weighted by Gasteiger charge is -2.18. The third kappa shape index (κ3) is 7.69. The number of nitrogens with one attached hydrogen (secondary N) is 1. The van der Waals surface area contributed by atoms with Gasteiger partial charge in [0, 0.05) is 26.1 Å². The molecule has 1 saturated heterocycles. The zero-order valence-electron chi connectivity index (χ0n) is 11.2. The van der Waals surface area contributed by atoms with Crippen molar-refractivity contribution >= 4 is 5.91 Å². The van der Waals surface area contributed by atoms with Crippen LogP contribution in [0.2, 0.25) is 0 Å². The Hall–Kier alpha value is -0.570. The lowest BCUT2D eigenvalue weighted by atomic mass is 10.2. The summed E-state index contributed by atoms with van der Waals surface area (Å²) in [7, 11) is 0. The molecule has 3 nitrogen and oxygen atoms in total. The highest BCUT2D eigenvalue weighted by Gasteiger charge is 2.11. The molecule has 0 saturated carbocycles. The fraction of sp³-hybridized carbons (Fsp3) is 0.923. The Kier molecular flexibility index (Phi) is 10.5. The average molecular weight is 228 g/mol. The number of rotatable bonds is 5. The van der Waals surface area contributed by atoms with Crippen molar-refractivity contribution in [3.8, 4) is 0 Å². The number of hydrogen-bond acceptors (Lipinski definition) is 2. The molecule has 3 heteroatoms. The second kappa shape index (κ2) is 10.9. The van der Waals surface area contributed by atoms with Crippen LogP contribution >= 0.6 is 0 Å². The lowest BCUT2D eigenvalue weighted by Crippen LogP contribution is -2.29. The maximum atomic E-state index is 11.1. The first kappa shape index (κ1) is 15.4. The van der Waals surface area contributed by atoms with Crippen LogP contribution in [0, 0.1) is 0 Å². The Morgan fingerprint density at radius 1 is 1.19 bits per heavy atom. The summed E-state index contributed by atoms with van der Waals surface area (Å²) in [5, 5.41) is 2.90. The first-order valence-corrected chi connectivity index (χ1v) is 6.82. The van der Waals surface area contributed by atoms with Gasteiger partial charge in [0.25, 0.3) is 0 Å². The minimum absolute atomic E-state index is 0.209. The van der Waals surface area contributed by atoms with E-state index in [9.17, 15) is 4.79 Å². The fourth-order valence-electron chi connectivity index (χ4n) is 1.80. The van der Waals surface area contributed by atoms with Crippen LogP contribution in [0.25, 0.3) is 0 Å². The van der Waals surface area contributed by atoms with E-state index >= 15 is 0 Å². The van der Waals surface area contributed by atoms with Gasteiger partial charge in [0.2, 0.25) is 5.91 Å². The van der Waals surface area contributed by atoms with E-state index < -0.39 is 0 Å². The molecule has 1 amide bonds. The number of carbonyl (C=O) groups is 1. The molecule has 0 unspecified atom stereocenters. The standard InChI is InChI=1S/C11H22N2O.C2H6/c1-2-3-4-5-8-13-9-6-11(14)12-7-10-13;1-2/h2-10H2,1H3,(H,12,14);1-2H3. The third-order valence-electron chi connectivity index (χ3n) is 2.73. The molecule has 0 aliphatic carbocycles. The van der Waals surface area contributed by atoms with Gasteiger partial charge in [0.15, 0.2) is 0 Å². The highest BCUT2D eigenvalue weighted by atomic mass is 16.1. The van der Waals surface area contributed by atoms with Crippen molar-refractivity contribution in [2.24, 2.45) is 0 Å². The molecule has 0 bridgehead atoms. The van der Waals surface area contributed by atoms with Crippen molar-refractivity contribution < 1.29 is 4.79 Å². The average Bonchev–Trinajstić information content (AvgIpc) is 2.53. The normalized spacial score (nSPS) is 17.1. The van der Waals surface area contributed by atoms with Gasteiger partial charge in [-0.2, -0.15) is 0 Å². The molecule has 0 spiro atoms. The smallest absolute Gasteiger partial charge is 0.221 e. The highest BCUT2D eigenvalue weighted by molar-refractivity contribution is 5.76. The van der Waals surface area contributed by atoms with Crippen LogP contribution in [-0.2, 0) is 4.79 Å². The Labute approximate surface area is 101 Å². The predicted molar refractivity (Wildman–Crippen MR) is 69.6 cm³/mol. The number of hydrogen-bond donors (Lipinski definition) is 1. The molecule has 0 aromatic heterocycles. The van der Waals surface area contributed by atoms with Crippen molar-refractivity contribution in [3.05, 3.63) is 0 Å². The van der Waals surface area contributed by atoms with E-state index in [1.807, 2.05) is 13.8 Å². The fourth-order valence-corrected chi connectivity index (χ4v) is 1.80. The summed E-state index contributed by atoms with van der Waals surface area (Å²) < 4.78 is 0. The minimum atomic E-state index is 0.209. The van der Waals surface area contributed by atoms with Gasteiger partial charge in [0.05, 0.1) is 0 Å². The van der Waals surface area contributed by atoms with Gasteiger partial charge in [0.1, 0.15) is 0 Å². The van der Waals surface area contributed by atoms with E-state index in [4.69, 9.17) is 0 Å². The predicted octanol–water partition coefficient (Wildman–Crippen LogP) is 2.41. The van der Waals surface area contributed by atoms with Gasteiger partial charge in [-0.25, -0.2) is 0 Å². The summed E-state index contributed by atoms with van der Waals surface area (Å²) in [6.07, 6.45) is 5.91. The molecule has 1 N–H and O–H groups in total. The van der Waals surface area contributed by atoms with Crippen LogP contribution in [0.1, 0.15) is 52.9 Å². The topological polar surface area (TPSA) is 32.3 Å². The molecule has 1 aliphatic rings. The largest absolute Gasteiger partial charge is 0.355 e. The molecule has 1 fully saturated rings. The van der Waals surface area contributed by atoms with Crippen LogP contribution in [0.15, 0.2) is 0 Å². The number of unbranched alkanes of at least 4 members (excludes halogenated alkanes) is 3. The van der Waals surface area contributed by atoms with Crippen molar-refractivity contribution in [2.75, 3.05) is 26.2 Å². The van der Waals surface area contributed by atoms with Crippen LogP contribution < -0.4 is 5.32 Å². The Bertz CT molecular complexity index is 171. The van der Waals surface area contributed by atoms with Crippen LogP contribution in [0.4, 0.5) is 0 Å². The number of nitrogens with zero attached hydrogens (tertiary/aromatic N) is 1. The molecule has 0 radical (unpaired) electrons. The number of carbonyl (C=O) groups excluding carboxylic acids is 1. The molecule has 0 aromatic carbocycles. The van der Waals surface area contributed by atoms with E-state index in [0.717, 1.165) is 26.2 Å². The second-order valence-electron chi connectivity index (χ2n) is 4.00. The lowest BCUT2D eigenvalue weighted by molar-refractivity contribution is -0.120. The van der Waals surface area contributed by atoms with Gasteiger partial charge >= 0.3 is 0 Å². The maximum absolute atomic E-state index is 11.1. The molecular formula is C13H28N2O. The first-order chi connectivity index (χ1) is 7.83. The Morgan fingerprint density at radius 3 is 2.62 bits per heavy atom. The zero-order valence-corrected chi connectivity index (χ0v) is 11.2. The molecule has 1 heterocycles. The van der Waals surface area contributed by atoms with Gasteiger partial charge in [-0.05, 0) is 13.0 Å². The summed E-state index contributed by atoms with van der Waals surface area (Å²) in [5.74, 6) is 0.209. The van der Waals surface area contributed by atoms with Gasteiger partial charge in [-0.3, -0.25) is 4.79 Å². The van der Waals surface area contributed by atoms with Crippen molar-refractivity contribution in [3.63, 3.8) is 0 Å². The van der Waals surface area contributed by atoms with Gasteiger partial charge in [-0.15, -0.1) is 0 Å². The van der Waals surface area contributed by atoms with E-state index in [-0.39, 0.29) is 5.91 Å². The van der Waals surface area contributed by atoms with Crippen molar-refractivity contribution in [1.29, 1.82) is 0 Å². The summed E-state index contributed by atoms with van der Waals surface area (Å²) in [5.41, 5.74) is 0. The summed E-state index contributed by atoms with van der Waals surface area (Å²) in [6.45, 7) is 10.2. The quantitative estimate of drug-likeness (QED) is 0.733. The molecule has 16 heavy (non-hydrogen) atoms. The van der Waals surface area contributed by atoms with Crippen molar-refractivity contribution in [1.82, 2.24) is 10.2 Å². The summed E-state index contributed by atoms with van der Waals surface area (Å²) in [4.78, 5) is 13.5. The second-order valence-corrected chi connectivity index (χ2v) is 4.00. The van der Waals surface area contributed by atoms with E-state index in [2.05, 4.69) is 17.1 Å². The molecule has 0 aromatic rings. The third-order valence-corrected chi connectivity index (χ3v) is 2.73. The maximum Gasteiger partial charge on any atom is 0.221 e. The monoisotopic (exact) mass is 228 g/mol. The van der Waals surface area contributed by atoms with Crippen molar-refractivity contribution in [2.45, 2.75) is 52.9 Å². The van der Waals surface area contributed by atoms with E-state index in [1.165, 1.54) is 25.7 Å². The van der Waals surface area contributed by atoms with Crippen LogP contribution in [0.5, 0.6) is 0 Å². The SMILES string of the molecule is CC.CCCCCCN1CCNC(=O)CC1.